The SMILES string of the molecule is CC[C@@H](CCC(C)(C)C)N=[N+]=N. The van der Waals surface area contributed by atoms with E-state index >= 15 is 0 Å². The normalized spacial score (nSPS) is 13.7. The quantitative estimate of drug-likeness (QED) is 0.498. The van der Waals surface area contributed by atoms with Gasteiger partial charge in [-0.15, -0.1) is 0 Å². The molecule has 0 aromatic carbocycles. The number of hydrogen-bond acceptors (Lipinski definition) is 2. The highest BCUT2D eigenvalue weighted by Gasteiger charge is 2.16. The molecule has 0 aliphatic rings. The van der Waals surface area contributed by atoms with Gasteiger partial charge in [-0.1, -0.05) is 27.7 Å². The summed E-state index contributed by atoms with van der Waals surface area (Å²) in [5.41, 5.74) is 7.00. The highest BCUT2D eigenvalue weighted by Crippen LogP contribution is 2.22. The highest BCUT2D eigenvalue weighted by molar-refractivity contribution is 4.68. The van der Waals surface area contributed by atoms with E-state index in [2.05, 4.69) is 37.7 Å². The predicted octanol–water partition coefficient (Wildman–Crippen LogP) is 3.14. The Labute approximate surface area is 74.8 Å². The van der Waals surface area contributed by atoms with Crippen LogP contribution in [0, 0.1) is 10.9 Å². The van der Waals surface area contributed by atoms with Crippen LogP contribution in [0.5, 0.6) is 0 Å². The minimum atomic E-state index is 0.252. The van der Waals surface area contributed by atoms with E-state index in [0.29, 0.717) is 5.41 Å². The molecule has 1 N–H and O–H groups in total. The Morgan fingerprint density at radius 2 is 2.00 bits per heavy atom. The molecule has 0 bridgehead atoms. The summed E-state index contributed by atoms with van der Waals surface area (Å²) in [6, 6.07) is 0.252. The molecule has 3 heteroatoms. The smallest absolute Gasteiger partial charge is 0.0631 e. The summed E-state index contributed by atoms with van der Waals surface area (Å²) in [4.78, 5) is 3.08. The Hall–Kier alpha value is -0.690. The van der Waals surface area contributed by atoms with Gasteiger partial charge in [-0.05, 0) is 24.7 Å². The molecule has 0 aliphatic carbocycles. The van der Waals surface area contributed by atoms with Gasteiger partial charge in [-0.25, -0.2) is 0 Å². The first-order valence-electron chi connectivity index (χ1n) is 4.56. The molecule has 0 spiro atoms. The van der Waals surface area contributed by atoms with Gasteiger partial charge in [0, 0.05) is 0 Å². The summed E-state index contributed by atoms with van der Waals surface area (Å²) in [5, 5.41) is 3.84. The van der Waals surface area contributed by atoms with Crippen LogP contribution < -0.4 is 4.91 Å². The molecule has 0 radical (unpaired) electrons. The molecule has 0 rings (SSSR count). The molecule has 70 valence electrons. The van der Waals surface area contributed by atoms with Gasteiger partial charge < -0.3 is 0 Å². The van der Waals surface area contributed by atoms with E-state index in [1.165, 1.54) is 0 Å². The lowest BCUT2D eigenvalue weighted by Gasteiger charge is -2.18. The zero-order chi connectivity index (χ0) is 9.61. The van der Waals surface area contributed by atoms with Crippen molar-refractivity contribution in [2.45, 2.75) is 53.0 Å². The third-order valence-electron chi connectivity index (χ3n) is 1.92. The van der Waals surface area contributed by atoms with Gasteiger partial charge in [0.1, 0.15) is 16.7 Å². The molecular formula is C9H20N3+. The van der Waals surface area contributed by atoms with Gasteiger partial charge >= 0.3 is 0 Å². The second kappa shape index (κ2) is 5.04. The van der Waals surface area contributed by atoms with Gasteiger partial charge in [0.05, 0.1) is 0 Å². The van der Waals surface area contributed by atoms with Crippen molar-refractivity contribution in [1.82, 2.24) is 4.91 Å². The first-order chi connectivity index (χ1) is 5.49. The van der Waals surface area contributed by atoms with Gasteiger partial charge in [-0.3, -0.25) is 0 Å². The Morgan fingerprint density at radius 1 is 1.42 bits per heavy atom. The summed E-state index contributed by atoms with van der Waals surface area (Å²) in [6.07, 6.45) is 3.17. The van der Waals surface area contributed by atoms with E-state index in [0.717, 1.165) is 19.3 Å². The monoisotopic (exact) mass is 170 g/mol. The van der Waals surface area contributed by atoms with Crippen LogP contribution in [-0.2, 0) is 0 Å². The first-order valence-corrected chi connectivity index (χ1v) is 4.56. The van der Waals surface area contributed by atoms with Crippen molar-refractivity contribution >= 4 is 0 Å². The molecule has 0 heterocycles. The summed E-state index contributed by atoms with van der Waals surface area (Å²) < 4.78 is 0. The number of nitrogens with zero attached hydrogens (tertiary/aromatic N) is 2. The molecule has 0 aromatic rings. The van der Waals surface area contributed by atoms with Crippen molar-refractivity contribution in [3.05, 3.63) is 0 Å². The number of rotatable bonds is 4. The summed E-state index contributed by atoms with van der Waals surface area (Å²) in [5.74, 6) is 0. The van der Waals surface area contributed by atoms with Crippen LogP contribution in [0.4, 0.5) is 0 Å². The maximum absolute atomic E-state index is 6.63. The third kappa shape index (κ3) is 6.05. The summed E-state index contributed by atoms with van der Waals surface area (Å²) >= 11 is 0. The molecule has 1 atom stereocenters. The lowest BCUT2D eigenvalue weighted by molar-refractivity contribution is 0.342. The summed E-state index contributed by atoms with van der Waals surface area (Å²) in [6.45, 7) is 8.74. The van der Waals surface area contributed by atoms with Gasteiger partial charge in [0.2, 0.25) is 4.91 Å². The average molecular weight is 170 g/mol. The third-order valence-corrected chi connectivity index (χ3v) is 1.92. The topological polar surface area (TPSA) is 50.3 Å². The zero-order valence-electron chi connectivity index (χ0n) is 8.59. The maximum Gasteiger partial charge on any atom is 0.214 e. The molecule has 0 saturated carbocycles. The zero-order valence-corrected chi connectivity index (χ0v) is 8.59. The van der Waals surface area contributed by atoms with E-state index in [1.54, 1.807) is 0 Å². The molecule has 0 saturated heterocycles. The van der Waals surface area contributed by atoms with Crippen molar-refractivity contribution in [3.63, 3.8) is 0 Å². The largest absolute Gasteiger partial charge is 0.214 e. The predicted molar refractivity (Wildman–Crippen MR) is 50.0 cm³/mol. The second-order valence-electron chi connectivity index (χ2n) is 4.38. The molecule has 0 aliphatic heterocycles. The standard InChI is InChI=1S/C9H20N3/c1-5-8(11-12-10)6-7-9(2,3)4/h8,10H,5-7H2,1-4H3/q+1/t8-/m0/s1. The van der Waals surface area contributed by atoms with Crippen molar-refractivity contribution in [2.24, 2.45) is 10.5 Å². The number of nitrogens with one attached hydrogen (secondary N) is 1. The fourth-order valence-electron chi connectivity index (χ4n) is 1.02. The van der Waals surface area contributed by atoms with Crippen LogP contribution in [0.3, 0.4) is 0 Å². The first kappa shape index (κ1) is 11.3. The Morgan fingerprint density at radius 3 is 2.33 bits per heavy atom. The average Bonchev–Trinajstić information content (AvgIpc) is 1.96. The Kier molecular flexibility index (Phi) is 4.75. The molecule has 0 unspecified atom stereocenters. The van der Waals surface area contributed by atoms with Crippen LogP contribution in [0.1, 0.15) is 47.0 Å². The molecule has 0 amide bonds. The van der Waals surface area contributed by atoms with Crippen molar-refractivity contribution in [1.29, 1.82) is 5.53 Å². The summed E-state index contributed by atoms with van der Waals surface area (Å²) in [7, 11) is 0. The Bertz CT molecular complexity index is 163. The number of hydrogen-bond donors (Lipinski definition) is 1. The molecular weight excluding hydrogens is 150 g/mol. The van der Waals surface area contributed by atoms with E-state index in [-0.39, 0.29) is 6.04 Å². The lowest BCUT2D eigenvalue weighted by Crippen LogP contribution is -2.10. The molecule has 0 fully saturated rings. The van der Waals surface area contributed by atoms with Crippen LogP contribution in [0.25, 0.3) is 0 Å². The van der Waals surface area contributed by atoms with Gasteiger partial charge in [-0.2, -0.15) is 0 Å². The highest BCUT2D eigenvalue weighted by atomic mass is 15.1. The van der Waals surface area contributed by atoms with E-state index < -0.39 is 0 Å². The van der Waals surface area contributed by atoms with E-state index in [1.807, 2.05) is 0 Å². The van der Waals surface area contributed by atoms with Crippen molar-refractivity contribution in [3.8, 4) is 0 Å². The lowest BCUT2D eigenvalue weighted by atomic mass is 9.88. The maximum atomic E-state index is 6.63. The molecule has 12 heavy (non-hydrogen) atoms. The van der Waals surface area contributed by atoms with Crippen molar-refractivity contribution < 1.29 is 0 Å². The van der Waals surface area contributed by atoms with Crippen LogP contribution in [0.15, 0.2) is 5.11 Å². The fraction of sp³-hybridized carbons (Fsp3) is 1.00. The van der Waals surface area contributed by atoms with Gasteiger partial charge in [0.25, 0.3) is 0 Å². The Balaban J connectivity index is 3.80. The van der Waals surface area contributed by atoms with Crippen LogP contribution >= 0.6 is 0 Å². The van der Waals surface area contributed by atoms with Gasteiger partial charge in [0.15, 0.2) is 0 Å². The minimum absolute atomic E-state index is 0.252. The van der Waals surface area contributed by atoms with E-state index in [9.17, 15) is 0 Å². The van der Waals surface area contributed by atoms with Crippen LogP contribution in [0.2, 0.25) is 0 Å². The molecule has 3 nitrogen and oxygen atoms in total. The molecule has 0 aromatic heterocycles. The van der Waals surface area contributed by atoms with E-state index in [4.69, 9.17) is 5.53 Å². The van der Waals surface area contributed by atoms with Crippen molar-refractivity contribution in [2.75, 3.05) is 0 Å². The second-order valence-corrected chi connectivity index (χ2v) is 4.38. The minimum Gasteiger partial charge on any atom is -0.0631 e. The fourth-order valence-corrected chi connectivity index (χ4v) is 1.02. The van der Waals surface area contributed by atoms with Crippen LogP contribution in [-0.4, -0.2) is 6.04 Å².